The van der Waals surface area contributed by atoms with Crippen molar-refractivity contribution >= 4 is 54.5 Å². The van der Waals surface area contributed by atoms with Crippen LogP contribution in [0.25, 0.3) is 0 Å². The van der Waals surface area contributed by atoms with Gasteiger partial charge in [-0.05, 0) is 70.5 Å². The molecule has 2 aromatic heterocycles. The number of halogens is 2. The average Bonchev–Trinajstić information content (AvgIpc) is 2.73. The third-order valence-corrected chi connectivity index (χ3v) is 6.23. The zero-order valence-electron chi connectivity index (χ0n) is 9.80. The van der Waals surface area contributed by atoms with E-state index in [1.165, 1.54) is 24.7 Å². The van der Waals surface area contributed by atoms with Gasteiger partial charge in [0.05, 0.1) is 13.6 Å². The molecule has 92 valence electrons. The lowest BCUT2D eigenvalue weighted by atomic mass is 10.1. The van der Waals surface area contributed by atoms with Gasteiger partial charge in [-0.3, -0.25) is 0 Å². The minimum Gasteiger partial charge on any atom is -0.309 e. The summed E-state index contributed by atoms with van der Waals surface area (Å²) >= 11 is 10.8. The topological polar surface area (TPSA) is 12.0 Å². The summed E-state index contributed by atoms with van der Waals surface area (Å²) < 4.78 is 2.35. The van der Waals surface area contributed by atoms with E-state index in [1.54, 1.807) is 11.3 Å². The van der Waals surface area contributed by atoms with Gasteiger partial charge in [0.25, 0.3) is 0 Å². The van der Waals surface area contributed by atoms with Gasteiger partial charge in [0.1, 0.15) is 0 Å². The summed E-state index contributed by atoms with van der Waals surface area (Å²) in [6, 6.07) is 4.70. The van der Waals surface area contributed by atoms with Gasteiger partial charge in [-0.1, -0.05) is 0 Å². The second-order valence-corrected chi connectivity index (χ2v) is 8.94. The Morgan fingerprint density at radius 2 is 1.88 bits per heavy atom. The normalized spacial score (nSPS) is 13.0. The second-order valence-electron chi connectivity index (χ2n) is 3.91. The second kappa shape index (κ2) is 5.53. The summed E-state index contributed by atoms with van der Waals surface area (Å²) in [6.45, 7) is 4.34. The molecule has 0 radical (unpaired) electrons. The first kappa shape index (κ1) is 13.7. The fourth-order valence-corrected chi connectivity index (χ4v) is 5.99. The van der Waals surface area contributed by atoms with E-state index in [9.17, 15) is 0 Å². The van der Waals surface area contributed by atoms with Crippen LogP contribution in [0.3, 0.4) is 0 Å². The van der Waals surface area contributed by atoms with E-state index < -0.39 is 0 Å². The molecule has 2 heterocycles. The Bertz CT molecular complexity index is 484. The lowest BCUT2D eigenvalue weighted by Gasteiger charge is -2.15. The van der Waals surface area contributed by atoms with Crippen LogP contribution in [-0.4, -0.2) is 7.05 Å². The number of rotatable bonds is 3. The molecule has 17 heavy (non-hydrogen) atoms. The van der Waals surface area contributed by atoms with Gasteiger partial charge in [-0.25, -0.2) is 0 Å². The quantitative estimate of drug-likeness (QED) is 0.748. The molecule has 0 spiro atoms. The molecular formula is C12H13Br2NS2. The van der Waals surface area contributed by atoms with Crippen molar-refractivity contribution in [2.45, 2.75) is 19.9 Å². The molecule has 0 aliphatic rings. The number of thiophene rings is 2. The molecule has 5 heteroatoms. The van der Waals surface area contributed by atoms with Crippen molar-refractivity contribution in [3.63, 3.8) is 0 Å². The van der Waals surface area contributed by atoms with Gasteiger partial charge in [-0.15, -0.1) is 22.7 Å². The van der Waals surface area contributed by atoms with Crippen LogP contribution >= 0.6 is 54.5 Å². The van der Waals surface area contributed by atoms with Crippen molar-refractivity contribution in [3.05, 3.63) is 40.6 Å². The molecule has 0 bridgehead atoms. The van der Waals surface area contributed by atoms with Gasteiger partial charge in [0, 0.05) is 15.3 Å². The Morgan fingerprint density at radius 3 is 2.29 bits per heavy atom. The average molecular weight is 395 g/mol. The Morgan fingerprint density at radius 1 is 1.18 bits per heavy atom. The molecule has 0 amide bonds. The van der Waals surface area contributed by atoms with Crippen LogP contribution in [0.4, 0.5) is 0 Å². The first-order valence-corrected chi connectivity index (χ1v) is 8.43. The van der Waals surface area contributed by atoms with E-state index in [1.807, 2.05) is 18.4 Å². The minimum absolute atomic E-state index is 0.269. The molecule has 0 saturated carbocycles. The lowest BCUT2D eigenvalue weighted by molar-refractivity contribution is 0.700. The van der Waals surface area contributed by atoms with E-state index >= 15 is 0 Å². The molecule has 2 rings (SSSR count). The predicted octanol–water partition coefficient (Wildman–Crippen LogP) is 5.26. The minimum atomic E-state index is 0.269. The van der Waals surface area contributed by atoms with Crippen LogP contribution in [0.1, 0.15) is 26.9 Å². The third-order valence-electron chi connectivity index (χ3n) is 2.62. The zero-order chi connectivity index (χ0) is 12.6. The van der Waals surface area contributed by atoms with Crippen LogP contribution in [0.2, 0.25) is 0 Å². The first-order valence-electron chi connectivity index (χ1n) is 5.22. The van der Waals surface area contributed by atoms with E-state index in [4.69, 9.17) is 0 Å². The number of nitrogens with one attached hydrogen (secondary N) is 1. The maximum absolute atomic E-state index is 3.64. The van der Waals surface area contributed by atoms with Crippen molar-refractivity contribution in [1.29, 1.82) is 0 Å². The van der Waals surface area contributed by atoms with Crippen molar-refractivity contribution in [2.75, 3.05) is 7.05 Å². The molecule has 0 aliphatic carbocycles. The molecular weight excluding hydrogens is 382 g/mol. The van der Waals surface area contributed by atoms with Crippen LogP contribution < -0.4 is 5.32 Å². The summed E-state index contributed by atoms with van der Waals surface area (Å²) in [5.74, 6) is 0. The Hall–Kier alpha value is 0.320. The highest BCUT2D eigenvalue weighted by Gasteiger charge is 2.20. The maximum atomic E-state index is 3.64. The van der Waals surface area contributed by atoms with E-state index in [0.29, 0.717) is 0 Å². The molecule has 1 atom stereocenters. The fourth-order valence-electron chi connectivity index (χ4n) is 1.92. The largest absolute Gasteiger partial charge is 0.309 e. The SMILES string of the molecule is CNC(c1cc(Br)sc1Br)c1sc(C)cc1C. The third kappa shape index (κ3) is 2.84. The van der Waals surface area contributed by atoms with Crippen LogP contribution in [0.5, 0.6) is 0 Å². The molecule has 0 aliphatic heterocycles. The molecule has 0 fully saturated rings. The van der Waals surface area contributed by atoms with Crippen molar-refractivity contribution < 1.29 is 0 Å². The molecule has 1 nitrogen and oxygen atoms in total. The van der Waals surface area contributed by atoms with E-state index in [-0.39, 0.29) is 6.04 Å². The number of aryl methyl sites for hydroxylation is 2. The summed E-state index contributed by atoms with van der Waals surface area (Å²) in [6.07, 6.45) is 0. The summed E-state index contributed by atoms with van der Waals surface area (Å²) in [4.78, 5) is 2.76. The Balaban J connectivity index is 2.47. The Kier molecular flexibility index (Phi) is 4.47. The van der Waals surface area contributed by atoms with Gasteiger partial charge >= 0.3 is 0 Å². The number of hydrogen-bond acceptors (Lipinski definition) is 3. The van der Waals surface area contributed by atoms with Gasteiger partial charge in [0.2, 0.25) is 0 Å². The highest BCUT2D eigenvalue weighted by atomic mass is 79.9. The molecule has 1 N–H and O–H groups in total. The van der Waals surface area contributed by atoms with Gasteiger partial charge < -0.3 is 5.32 Å². The Labute approximate surface area is 127 Å². The number of hydrogen-bond donors (Lipinski definition) is 1. The molecule has 0 saturated heterocycles. The fraction of sp³-hybridized carbons (Fsp3) is 0.333. The molecule has 1 unspecified atom stereocenters. The van der Waals surface area contributed by atoms with Crippen molar-refractivity contribution in [3.8, 4) is 0 Å². The van der Waals surface area contributed by atoms with Crippen LogP contribution in [-0.2, 0) is 0 Å². The molecule has 0 aromatic carbocycles. The zero-order valence-corrected chi connectivity index (χ0v) is 14.6. The monoisotopic (exact) mass is 393 g/mol. The van der Waals surface area contributed by atoms with Crippen molar-refractivity contribution in [2.24, 2.45) is 0 Å². The van der Waals surface area contributed by atoms with Crippen LogP contribution in [0.15, 0.2) is 19.7 Å². The summed E-state index contributed by atoms with van der Waals surface area (Å²) in [7, 11) is 2.01. The van der Waals surface area contributed by atoms with Gasteiger partial charge in [0.15, 0.2) is 0 Å². The maximum Gasteiger partial charge on any atom is 0.0762 e. The van der Waals surface area contributed by atoms with E-state index in [2.05, 4.69) is 63.2 Å². The summed E-state index contributed by atoms with van der Waals surface area (Å²) in [5, 5.41) is 3.41. The highest BCUT2D eigenvalue weighted by Crippen LogP contribution is 2.40. The smallest absolute Gasteiger partial charge is 0.0762 e. The predicted molar refractivity (Wildman–Crippen MR) is 84.4 cm³/mol. The first-order chi connectivity index (χ1) is 8.02. The molecule has 2 aromatic rings. The lowest BCUT2D eigenvalue weighted by Crippen LogP contribution is -2.16. The summed E-state index contributed by atoms with van der Waals surface area (Å²) in [5.41, 5.74) is 2.66. The van der Waals surface area contributed by atoms with E-state index in [0.717, 1.165) is 3.79 Å². The van der Waals surface area contributed by atoms with Crippen LogP contribution in [0, 0.1) is 13.8 Å². The van der Waals surface area contributed by atoms with Crippen molar-refractivity contribution in [1.82, 2.24) is 5.32 Å². The standard InChI is InChI=1S/C12H13Br2NS2/c1-6-4-7(2)16-11(6)10(15-3)8-5-9(13)17-12(8)14/h4-5,10,15H,1-3H3. The van der Waals surface area contributed by atoms with Gasteiger partial charge in [-0.2, -0.15) is 0 Å². The highest BCUT2D eigenvalue weighted by molar-refractivity contribution is 9.12.